The predicted octanol–water partition coefficient (Wildman–Crippen LogP) is 2.52. The molecule has 2 aliphatic carbocycles. The minimum Gasteiger partial charge on any atom is -0.462 e. The van der Waals surface area contributed by atoms with Crippen LogP contribution in [-0.2, 0) is 9.53 Å². The lowest BCUT2D eigenvalue weighted by Gasteiger charge is -2.11. The van der Waals surface area contributed by atoms with E-state index >= 15 is 0 Å². The van der Waals surface area contributed by atoms with E-state index in [9.17, 15) is 4.79 Å². The fourth-order valence-corrected chi connectivity index (χ4v) is 2.12. The Morgan fingerprint density at radius 3 is 2.31 bits per heavy atom. The average Bonchev–Trinajstić information content (AvgIpc) is 2.49. The SMILES string of the molecule is CC1(C)CC1C(=O)OC1CCCC1. The van der Waals surface area contributed by atoms with Gasteiger partial charge in [0.1, 0.15) is 6.10 Å². The highest BCUT2D eigenvalue weighted by atomic mass is 16.5. The fraction of sp³-hybridized carbons (Fsp3) is 0.909. The monoisotopic (exact) mass is 182 g/mol. The van der Waals surface area contributed by atoms with Crippen LogP contribution in [0.1, 0.15) is 46.0 Å². The Morgan fingerprint density at radius 2 is 1.85 bits per heavy atom. The summed E-state index contributed by atoms with van der Waals surface area (Å²) in [5.41, 5.74) is 0.218. The van der Waals surface area contributed by atoms with Crippen LogP contribution in [0, 0.1) is 11.3 Å². The van der Waals surface area contributed by atoms with Crippen molar-refractivity contribution in [2.24, 2.45) is 11.3 Å². The van der Waals surface area contributed by atoms with Gasteiger partial charge in [-0.2, -0.15) is 0 Å². The first-order valence-electron chi connectivity index (χ1n) is 5.30. The van der Waals surface area contributed by atoms with Crippen LogP contribution in [0.25, 0.3) is 0 Å². The largest absolute Gasteiger partial charge is 0.462 e. The molecule has 0 amide bonds. The standard InChI is InChI=1S/C11H18O2/c1-11(2)7-9(11)10(12)13-8-5-3-4-6-8/h8-9H,3-7H2,1-2H3. The molecule has 74 valence electrons. The first kappa shape index (κ1) is 9.04. The van der Waals surface area contributed by atoms with Crippen molar-refractivity contribution in [1.82, 2.24) is 0 Å². The summed E-state index contributed by atoms with van der Waals surface area (Å²) in [5.74, 6) is 0.241. The Hall–Kier alpha value is -0.530. The van der Waals surface area contributed by atoms with Gasteiger partial charge in [-0.3, -0.25) is 4.79 Å². The fourth-order valence-electron chi connectivity index (χ4n) is 2.12. The van der Waals surface area contributed by atoms with Gasteiger partial charge < -0.3 is 4.74 Å². The number of carbonyl (C=O) groups is 1. The molecule has 0 saturated heterocycles. The minimum atomic E-state index is 0.0527. The van der Waals surface area contributed by atoms with Crippen LogP contribution in [0.3, 0.4) is 0 Å². The van der Waals surface area contributed by atoms with Crippen LogP contribution in [0.2, 0.25) is 0 Å². The van der Waals surface area contributed by atoms with E-state index in [1.54, 1.807) is 0 Å². The maximum Gasteiger partial charge on any atom is 0.309 e. The van der Waals surface area contributed by atoms with E-state index in [1.807, 2.05) is 0 Å². The van der Waals surface area contributed by atoms with Gasteiger partial charge in [0, 0.05) is 0 Å². The van der Waals surface area contributed by atoms with Gasteiger partial charge in [-0.1, -0.05) is 13.8 Å². The smallest absolute Gasteiger partial charge is 0.309 e. The Labute approximate surface area is 79.7 Å². The van der Waals surface area contributed by atoms with Gasteiger partial charge in [-0.25, -0.2) is 0 Å². The molecule has 0 aromatic carbocycles. The molecule has 0 aromatic rings. The topological polar surface area (TPSA) is 26.3 Å². The van der Waals surface area contributed by atoms with E-state index in [2.05, 4.69) is 13.8 Å². The molecular weight excluding hydrogens is 164 g/mol. The highest BCUT2D eigenvalue weighted by molar-refractivity contribution is 5.76. The van der Waals surface area contributed by atoms with E-state index in [-0.39, 0.29) is 23.4 Å². The summed E-state index contributed by atoms with van der Waals surface area (Å²) in [7, 11) is 0. The summed E-state index contributed by atoms with van der Waals surface area (Å²) in [6, 6.07) is 0. The molecule has 0 bridgehead atoms. The summed E-state index contributed by atoms with van der Waals surface area (Å²) in [5, 5.41) is 0. The van der Waals surface area contributed by atoms with E-state index < -0.39 is 0 Å². The highest BCUT2D eigenvalue weighted by Crippen LogP contribution is 2.52. The Bertz CT molecular complexity index is 214. The average molecular weight is 182 g/mol. The number of rotatable bonds is 2. The van der Waals surface area contributed by atoms with Crippen molar-refractivity contribution in [3.8, 4) is 0 Å². The van der Waals surface area contributed by atoms with Gasteiger partial charge in [-0.05, 0) is 37.5 Å². The lowest BCUT2D eigenvalue weighted by molar-refractivity contribution is -0.151. The molecule has 2 fully saturated rings. The van der Waals surface area contributed by atoms with Crippen LogP contribution >= 0.6 is 0 Å². The molecule has 0 N–H and O–H groups in total. The van der Waals surface area contributed by atoms with Crippen molar-refractivity contribution in [3.05, 3.63) is 0 Å². The summed E-state index contributed by atoms with van der Waals surface area (Å²) in [6.45, 7) is 4.27. The minimum absolute atomic E-state index is 0.0527. The highest BCUT2D eigenvalue weighted by Gasteiger charge is 2.52. The third-order valence-corrected chi connectivity index (χ3v) is 3.38. The first-order valence-corrected chi connectivity index (χ1v) is 5.30. The molecule has 2 heteroatoms. The second-order valence-corrected chi connectivity index (χ2v) is 5.09. The van der Waals surface area contributed by atoms with Crippen LogP contribution in [0.5, 0.6) is 0 Å². The van der Waals surface area contributed by atoms with Crippen LogP contribution in [0.4, 0.5) is 0 Å². The van der Waals surface area contributed by atoms with Gasteiger partial charge in [0.15, 0.2) is 0 Å². The van der Waals surface area contributed by atoms with Gasteiger partial charge in [0.05, 0.1) is 5.92 Å². The van der Waals surface area contributed by atoms with Crippen molar-refractivity contribution in [1.29, 1.82) is 0 Å². The number of carbonyl (C=O) groups excluding carboxylic acids is 1. The lowest BCUT2D eigenvalue weighted by atomic mass is 10.1. The zero-order valence-electron chi connectivity index (χ0n) is 8.51. The maximum atomic E-state index is 11.6. The second kappa shape index (κ2) is 3.00. The molecule has 2 nitrogen and oxygen atoms in total. The molecule has 1 atom stereocenters. The molecule has 2 rings (SSSR count). The Balaban J connectivity index is 1.79. The first-order chi connectivity index (χ1) is 6.09. The van der Waals surface area contributed by atoms with Crippen molar-refractivity contribution < 1.29 is 9.53 Å². The zero-order chi connectivity index (χ0) is 9.47. The van der Waals surface area contributed by atoms with Gasteiger partial charge in [0.2, 0.25) is 0 Å². The van der Waals surface area contributed by atoms with Crippen LogP contribution in [-0.4, -0.2) is 12.1 Å². The van der Waals surface area contributed by atoms with Crippen molar-refractivity contribution in [2.45, 2.75) is 52.1 Å². The molecule has 2 aliphatic rings. The quantitative estimate of drug-likeness (QED) is 0.613. The van der Waals surface area contributed by atoms with E-state index in [0.717, 1.165) is 19.3 Å². The lowest BCUT2D eigenvalue weighted by Crippen LogP contribution is -2.17. The van der Waals surface area contributed by atoms with Crippen LogP contribution < -0.4 is 0 Å². The molecule has 2 saturated carbocycles. The van der Waals surface area contributed by atoms with Crippen molar-refractivity contribution in [3.63, 3.8) is 0 Å². The van der Waals surface area contributed by atoms with E-state index in [1.165, 1.54) is 12.8 Å². The molecule has 0 aliphatic heterocycles. The van der Waals surface area contributed by atoms with E-state index in [0.29, 0.717) is 0 Å². The number of ether oxygens (including phenoxy) is 1. The summed E-state index contributed by atoms with van der Waals surface area (Å²) in [4.78, 5) is 11.6. The van der Waals surface area contributed by atoms with Gasteiger partial charge >= 0.3 is 5.97 Å². The Morgan fingerprint density at radius 1 is 1.31 bits per heavy atom. The summed E-state index contributed by atoms with van der Waals surface area (Å²) >= 11 is 0. The van der Waals surface area contributed by atoms with Gasteiger partial charge in [-0.15, -0.1) is 0 Å². The normalized spacial score (nSPS) is 31.7. The van der Waals surface area contributed by atoms with Crippen molar-refractivity contribution >= 4 is 5.97 Å². The molecule has 0 aromatic heterocycles. The van der Waals surface area contributed by atoms with Crippen molar-refractivity contribution in [2.75, 3.05) is 0 Å². The Kier molecular flexibility index (Phi) is 2.09. The third-order valence-electron chi connectivity index (χ3n) is 3.38. The zero-order valence-corrected chi connectivity index (χ0v) is 8.51. The number of hydrogen-bond donors (Lipinski definition) is 0. The molecule has 0 spiro atoms. The maximum absolute atomic E-state index is 11.6. The summed E-state index contributed by atoms with van der Waals surface area (Å²) in [6.07, 6.45) is 5.87. The number of hydrogen-bond acceptors (Lipinski definition) is 2. The molecule has 0 radical (unpaired) electrons. The van der Waals surface area contributed by atoms with Gasteiger partial charge in [0.25, 0.3) is 0 Å². The van der Waals surface area contributed by atoms with Crippen LogP contribution in [0.15, 0.2) is 0 Å². The van der Waals surface area contributed by atoms with E-state index in [4.69, 9.17) is 4.74 Å². The molecule has 13 heavy (non-hydrogen) atoms. The predicted molar refractivity (Wildman–Crippen MR) is 50.2 cm³/mol. The molecular formula is C11H18O2. The summed E-state index contributed by atoms with van der Waals surface area (Å²) < 4.78 is 5.43. The number of esters is 1. The second-order valence-electron chi connectivity index (χ2n) is 5.09. The third kappa shape index (κ3) is 1.87. The molecule has 1 unspecified atom stereocenters. The molecule has 0 heterocycles.